The number of carbonyl (C=O) groups is 2. The number of ether oxygens (including phenoxy) is 1. The molecule has 1 atom stereocenters. The van der Waals surface area contributed by atoms with E-state index in [1.165, 1.54) is 6.07 Å². The minimum Gasteiger partial charge on any atom is -0.445 e. The fourth-order valence-corrected chi connectivity index (χ4v) is 2.91. The van der Waals surface area contributed by atoms with Crippen molar-refractivity contribution in [2.45, 2.75) is 25.6 Å². The molecule has 3 aromatic carbocycles. The predicted molar refractivity (Wildman–Crippen MR) is 112 cm³/mol. The molecule has 154 valence electrons. The van der Waals surface area contributed by atoms with E-state index in [1.807, 2.05) is 60.7 Å². The summed E-state index contributed by atoms with van der Waals surface area (Å²) >= 11 is 0. The first-order valence-corrected chi connectivity index (χ1v) is 9.64. The van der Waals surface area contributed by atoms with Crippen LogP contribution in [0.15, 0.2) is 84.9 Å². The van der Waals surface area contributed by atoms with E-state index >= 15 is 0 Å². The first kappa shape index (κ1) is 21.0. The zero-order valence-corrected chi connectivity index (χ0v) is 16.4. The lowest BCUT2D eigenvalue weighted by molar-refractivity contribution is -0.123. The highest BCUT2D eigenvalue weighted by molar-refractivity contribution is 5.85. The van der Waals surface area contributed by atoms with E-state index in [1.54, 1.807) is 18.2 Å². The summed E-state index contributed by atoms with van der Waals surface area (Å²) in [5.74, 6) is -0.814. The number of benzene rings is 3. The molecule has 30 heavy (non-hydrogen) atoms. The third-order valence-corrected chi connectivity index (χ3v) is 4.51. The Kier molecular flexibility index (Phi) is 7.55. The molecule has 5 nitrogen and oxygen atoms in total. The van der Waals surface area contributed by atoms with E-state index in [4.69, 9.17) is 4.74 Å². The van der Waals surface area contributed by atoms with Crippen molar-refractivity contribution in [2.24, 2.45) is 0 Å². The van der Waals surface area contributed by atoms with Gasteiger partial charge >= 0.3 is 6.09 Å². The smallest absolute Gasteiger partial charge is 0.408 e. The molecule has 0 aliphatic rings. The average molecular weight is 406 g/mol. The molecular formula is C24H23FN2O3. The summed E-state index contributed by atoms with van der Waals surface area (Å²) in [5.41, 5.74) is 2.10. The van der Waals surface area contributed by atoms with Crippen molar-refractivity contribution in [2.75, 3.05) is 0 Å². The highest BCUT2D eigenvalue weighted by atomic mass is 19.1. The highest BCUT2D eigenvalue weighted by Gasteiger charge is 2.22. The number of halogens is 1. The third kappa shape index (κ3) is 6.44. The molecule has 2 N–H and O–H groups in total. The SMILES string of the molecule is O=C(NC(Cc1ccccc1)C(=O)NCc1ccccc1F)OCc1ccccc1. The molecule has 1 unspecified atom stereocenters. The van der Waals surface area contributed by atoms with E-state index < -0.39 is 23.9 Å². The normalized spacial score (nSPS) is 11.4. The van der Waals surface area contributed by atoms with Crippen molar-refractivity contribution in [3.05, 3.63) is 107 Å². The Balaban J connectivity index is 1.62. The number of hydrogen-bond acceptors (Lipinski definition) is 3. The van der Waals surface area contributed by atoms with E-state index in [-0.39, 0.29) is 19.6 Å². The summed E-state index contributed by atoms with van der Waals surface area (Å²) in [6, 6.07) is 24.0. The van der Waals surface area contributed by atoms with Gasteiger partial charge in [0, 0.05) is 18.5 Å². The zero-order valence-electron chi connectivity index (χ0n) is 16.4. The van der Waals surface area contributed by atoms with E-state index in [0.29, 0.717) is 5.56 Å². The van der Waals surface area contributed by atoms with E-state index in [9.17, 15) is 14.0 Å². The average Bonchev–Trinajstić information content (AvgIpc) is 2.78. The van der Waals surface area contributed by atoms with Crippen LogP contribution in [0.3, 0.4) is 0 Å². The minimum absolute atomic E-state index is 0.0253. The molecule has 0 aliphatic carbocycles. The molecule has 0 spiro atoms. The largest absolute Gasteiger partial charge is 0.445 e. The molecule has 0 radical (unpaired) electrons. The lowest BCUT2D eigenvalue weighted by Gasteiger charge is -2.19. The minimum atomic E-state index is -0.859. The molecule has 2 amide bonds. The zero-order chi connectivity index (χ0) is 21.2. The Morgan fingerprint density at radius 1 is 0.833 bits per heavy atom. The molecule has 3 aromatic rings. The number of nitrogens with one attached hydrogen (secondary N) is 2. The fraction of sp³-hybridized carbons (Fsp3) is 0.167. The van der Waals surface area contributed by atoms with Gasteiger partial charge in [-0.25, -0.2) is 9.18 Å². The second kappa shape index (κ2) is 10.8. The standard InChI is InChI=1S/C24H23FN2O3/c25-21-14-8-7-13-20(21)16-26-23(28)22(15-18-9-3-1-4-10-18)27-24(29)30-17-19-11-5-2-6-12-19/h1-14,22H,15-17H2,(H,26,28)(H,27,29). The van der Waals surface area contributed by atoms with Gasteiger partial charge in [-0.15, -0.1) is 0 Å². The maximum absolute atomic E-state index is 13.8. The Bertz CT molecular complexity index is 964. The van der Waals surface area contributed by atoms with Crippen LogP contribution >= 0.6 is 0 Å². The van der Waals surface area contributed by atoms with Crippen LogP contribution in [0, 0.1) is 5.82 Å². The van der Waals surface area contributed by atoms with Crippen molar-refractivity contribution in [1.29, 1.82) is 0 Å². The number of rotatable bonds is 8. The molecule has 0 aliphatic heterocycles. The van der Waals surface area contributed by atoms with Crippen molar-refractivity contribution in [3.8, 4) is 0 Å². The molecule has 0 aromatic heterocycles. The van der Waals surface area contributed by atoms with Crippen molar-refractivity contribution in [1.82, 2.24) is 10.6 Å². The summed E-state index contributed by atoms with van der Waals surface area (Å²) in [4.78, 5) is 25.0. The van der Waals surface area contributed by atoms with Crippen LogP contribution in [0.5, 0.6) is 0 Å². The lowest BCUT2D eigenvalue weighted by Crippen LogP contribution is -2.48. The van der Waals surface area contributed by atoms with Crippen LogP contribution in [0.25, 0.3) is 0 Å². The number of carbonyl (C=O) groups excluding carboxylic acids is 2. The van der Waals surface area contributed by atoms with Crippen molar-refractivity contribution >= 4 is 12.0 Å². The van der Waals surface area contributed by atoms with Gasteiger partial charge in [0.2, 0.25) is 5.91 Å². The first-order chi connectivity index (χ1) is 14.6. The van der Waals surface area contributed by atoms with Gasteiger partial charge in [0.05, 0.1) is 0 Å². The van der Waals surface area contributed by atoms with Crippen molar-refractivity contribution < 1.29 is 18.7 Å². The second-order valence-corrected chi connectivity index (χ2v) is 6.76. The Labute approximate surface area is 174 Å². The van der Waals surface area contributed by atoms with Crippen LogP contribution in [0.4, 0.5) is 9.18 Å². The van der Waals surface area contributed by atoms with Crippen LogP contribution in [0.2, 0.25) is 0 Å². The molecule has 0 fully saturated rings. The summed E-state index contributed by atoms with van der Waals surface area (Å²) in [7, 11) is 0. The second-order valence-electron chi connectivity index (χ2n) is 6.76. The van der Waals surface area contributed by atoms with Gasteiger partial charge in [-0.3, -0.25) is 4.79 Å². The molecule has 6 heteroatoms. The number of amides is 2. The Morgan fingerprint density at radius 3 is 2.10 bits per heavy atom. The summed E-state index contributed by atoms with van der Waals surface area (Å²) < 4.78 is 19.1. The molecule has 0 saturated carbocycles. The molecule has 0 heterocycles. The fourth-order valence-electron chi connectivity index (χ4n) is 2.91. The maximum atomic E-state index is 13.8. The summed E-state index contributed by atoms with van der Waals surface area (Å²) in [6.07, 6.45) is -0.412. The van der Waals surface area contributed by atoms with E-state index in [0.717, 1.165) is 11.1 Å². The van der Waals surface area contributed by atoms with E-state index in [2.05, 4.69) is 10.6 Å². The van der Waals surface area contributed by atoms with Crippen LogP contribution in [0.1, 0.15) is 16.7 Å². The predicted octanol–water partition coefficient (Wildman–Crippen LogP) is 3.98. The Hall–Kier alpha value is -3.67. The van der Waals surface area contributed by atoms with Gasteiger partial charge in [-0.2, -0.15) is 0 Å². The lowest BCUT2D eigenvalue weighted by atomic mass is 10.1. The quantitative estimate of drug-likeness (QED) is 0.595. The third-order valence-electron chi connectivity index (χ3n) is 4.51. The first-order valence-electron chi connectivity index (χ1n) is 9.64. The van der Waals surface area contributed by atoms with Crippen molar-refractivity contribution in [3.63, 3.8) is 0 Å². The van der Waals surface area contributed by atoms with Crippen LogP contribution < -0.4 is 10.6 Å². The molecule has 0 bridgehead atoms. The summed E-state index contributed by atoms with van der Waals surface area (Å²) in [6.45, 7) is 0.124. The maximum Gasteiger partial charge on any atom is 0.408 e. The van der Waals surface area contributed by atoms with Gasteiger partial charge in [0.25, 0.3) is 0 Å². The van der Waals surface area contributed by atoms with Gasteiger partial charge in [0.1, 0.15) is 18.5 Å². The topological polar surface area (TPSA) is 67.4 Å². The molecular weight excluding hydrogens is 383 g/mol. The Morgan fingerprint density at radius 2 is 1.43 bits per heavy atom. The van der Waals surface area contributed by atoms with Gasteiger partial charge in [-0.05, 0) is 17.2 Å². The highest BCUT2D eigenvalue weighted by Crippen LogP contribution is 2.08. The van der Waals surface area contributed by atoms with Gasteiger partial charge in [-0.1, -0.05) is 78.9 Å². The van der Waals surface area contributed by atoms with Gasteiger partial charge < -0.3 is 15.4 Å². The van der Waals surface area contributed by atoms with Crippen LogP contribution in [-0.2, 0) is 29.1 Å². The monoisotopic (exact) mass is 406 g/mol. The number of hydrogen-bond donors (Lipinski definition) is 2. The molecule has 0 saturated heterocycles. The summed E-state index contributed by atoms with van der Waals surface area (Å²) in [5, 5.41) is 5.31. The van der Waals surface area contributed by atoms with Gasteiger partial charge in [0.15, 0.2) is 0 Å². The van der Waals surface area contributed by atoms with Crippen LogP contribution in [-0.4, -0.2) is 18.0 Å². The molecule has 3 rings (SSSR count). The number of alkyl carbamates (subject to hydrolysis) is 1.